The largest absolute Gasteiger partial charge is 0.286 e. The normalized spacial score (nSPS) is 10.7. The lowest BCUT2D eigenvalue weighted by molar-refractivity contribution is -0.385. The molecule has 6 nitrogen and oxygen atoms in total. The van der Waals surface area contributed by atoms with Gasteiger partial charge in [-0.05, 0) is 6.07 Å². The van der Waals surface area contributed by atoms with Crippen molar-refractivity contribution >= 4 is 11.3 Å². The second-order valence-corrected chi connectivity index (χ2v) is 3.76. The summed E-state index contributed by atoms with van der Waals surface area (Å²) in [7, 11) is 0. The van der Waals surface area contributed by atoms with Gasteiger partial charge in [0, 0.05) is 11.6 Å². The van der Waals surface area contributed by atoms with Crippen molar-refractivity contribution in [1.82, 2.24) is 14.6 Å². The molecule has 0 radical (unpaired) electrons. The first-order valence-electron chi connectivity index (χ1n) is 5.30. The number of fused-ring (bicyclic) bond motifs is 1. The van der Waals surface area contributed by atoms with Gasteiger partial charge < -0.3 is 0 Å². The SMILES string of the molecule is O=[N+]([O-])c1ccc2nnc(-c3ccccc3)n2c1. The van der Waals surface area contributed by atoms with Crippen molar-refractivity contribution in [3.05, 3.63) is 58.8 Å². The van der Waals surface area contributed by atoms with Crippen molar-refractivity contribution in [1.29, 1.82) is 0 Å². The number of aromatic nitrogens is 3. The molecule has 3 rings (SSSR count). The molecule has 0 aliphatic heterocycles. The highest BCUT2D eigenvalue weighted by molar-refractivity contribution is 5.60. The number of pyridine rings is 1. The topological polar surface area (TPSA) is 73.3 Å². The van der Waals surface area contributed by atoms with Crippen LogP contribution in [0.5, 0.6) is 0 Å². The Morgan fingerprint density at radius 3 is 2.56 bits per heavy atom. The number of hydrogen-bond acceptors (Lipinski definition) is 4. The van der Waals surface area contributed by atoms with Gasteiger partial charge in [0.2, 0.25) is 0 Å². The van der Waals surface area contributed by atoms with Crippen LogP contribution < -0.4 is 0 Å². The molecular formula is C12H8N4O2. The monoisotopic (exact) mass is 240 g/mol. The lowest BCUT2D eigenvalue weighted by Gasteiger charge is -1.99. The van der Waals surface area contributed by atoms with Gasteiger partial charge in [0.25, 0.3) is 5.69 Å². The fraction of sp³-hybridized carbons (Fsp3) is 0. The summed E-state index contributed by atoms with van der Waals surface area (Å²) < 4.78 is 1.62. The van der Waals surface area contributed by atoms with E-state index in [9.17, 15) is 10.1 Å². The maximum absolute atomic E-state index is 10.8. The molecule has 1 aromatic carbocycles. The summed E-state index contributed by atoms with van der Waals surface area (Å²) in [6, 6.07) is 12.4. The minimum atomic E-state index is -0.436. The van der Waals surface area contributed by atoms with Crippen LogP contribution in [0.3, 0.4) is 0 Å². The Bertz CT molecular complexity index is 721. The molecule has 18 heavy (non-hydrogen) atoms. The highest BCUT2D eigenvalue weighted by atomic mass is 16.6. The summed E-state index contributed by atoms with van der Waals surface area (Å²) in [6.45, 7) is 0. The Balaban J connectivity index is 2.24. The third kappa shape index (κ3) is 1.60. The van der Waals surface area contributed by atoms with Crippen molar-refractivity contribution in [3.63, 3.8) is 0 Å². The second kappa shape index (κ2) is 3.92. The third-order valence-electron chi connectivity index (χ3n) is 2.63. The van der Waals surface area contributed by atoms with Crippen molar-refractivity contribution < 1.29 is 4.92 Å². The van der Waals surface area contributed by atoms with Crippen LogP contribution in [-0.4, -0.2) is 19.5 Å². The maximum atomic E-state index is 10.8. The van der Waals surface area contributed by atoms with Gasteiger partial charge in [-0.25, -0.2) is 0 Å². The van der Waals surface area contributed by atoms with E-state index in [1.165, 1.54) is 12.3 Å². The highest BCUT2D eigenvalue weighted by Crippen LogP contribution is 2.20. The minimum absolute atomic E-state index is 0.0134. The van der Waals surface area contributed by atoms with Crippen LogP contribution in [0.2, 0.25) is 0 Å². The van der Waals surface area contributed by atoms with Crippen LogP contribution >= 0.6 is 0 Å². The van der Waals surface area contributed by atoms with E-state index < -0.39 is 4.92 Å². The standard InChI is InChI=1S/C12H8N4O2/c17-16(18)10-6-7-11-13-14-12(15(11)8-10)9-4-2-1-3-5-9/h1-8H. The molecule has 0 N–H and O–H groups in total. The quantitative estimate of drug-likeness (QED) is 0.509. The van der Waals surface area contributed by atoms with E-state index in [0.29, 0.717) is 11.5 Å². The zero-order chi connectivity index (χ0) is 12.5. The van der Waals surface area contributed by atoms with E-state index in [1.807, 2.05) is 30.3 Å². The Hall–Kier alpha value is -2.76. The predicted molar refractivity (Wildman–Crippen MR) is 65.1 cm³/mol. The van der Waals surface area contributed by atoms with Gasteiger partial charge >= 0.3 is 0 Å². The molecule has 0 atom stereocenters. The molecular weight excluding hydrogens is 232 g/mol. The van der Waals surface area contributed by atoms with Gasteiger partial charge in [0.05, 0.1) is 11.1 Å². The molecule has 2 heterocycles. The van der Waals surface area contributed by atoms with E-state index in [2.05, 4.69) is 10.2 Å². The molecule has 0 spiro atoms. The van der Waals surface area contributed by atoms with Crippen LogP contribution in [0.1, 0.15) is 0 Å². The number of benzene rings is 1. The van der Waals surface area contributed by atoms with Crippen LogP contribution in [-0.2, 0) is 0 Å². The Labute approximate surface area is 102 Å². The van der Waals surface area contributed by atoms with Gasteiger partial charge in [-0.3, -0.25) is 14.5 Å². The molecule has 3 aromatic rings. The fourth-order valence-electron chi connectivity index (χ4n) is 1.77. The van der Waals surface area contributed by atoms with E-state index in [0.717, 1.165) is 5.56 Å². The summed E-state index contributed by atoms with van der Waals surface area (Å²) in [4.78, 5) is 10.3. The summed E-state index contributed by atoms with van der Waals surface area (Å²) in [5.41, 5.74) is 1.46. The van der Waals surface area contributed by atoms with Crippen molar-refractivity contribution in [2.75, 3.05) is 0 Å². The smallest absolute Gasteiger partial charge is 0.275 e. The molecule has 0 saturated heterocycles. The lowest BCUT2D eigenvalue weighted by atomic mass is 10.2. The number of rotatable bonds is 2. The zero-order valence-corrected chi connectivity index (χ0v) is 9.22. The Morgan fingerprint density at radius 1 is 1.06 bits per heavy atom. The summed E-state index contributed by atoms with van der Waals surface area (Å²) in [5, 5.41) is 18.8. The molecule has 0 fully saturated rings. The predicted octanol–water partition coefficient (Wildman–Crippen LogP) is 2.30. The van der Waals surface area contributed by atoms with Gasteiger partial charge in [-0.2, -0.15) is 0 Å². The average Bonchev–Trinajstić information content (AvgIpc) is 2.82. The molecule has 0 aliphatic rings. The van der Waals surface area contributed by atoms with E-state index in [4.69, 9.17) is 0 Å². The first-order valence-corrected chi connectivity index (χ1v) is 5.30. The summed E-state index contributed by atoms with van der Waals surface area (Å²) in [5.74, 6) is 0.592. The van der Waals surface area contributed by atoms with Crippen molar-refractivity contribution in [3.8, 4) is 11.4 Å². The van der Waals surface area contributed by atoms with Gasteiger partial charge in [-0.1, -0.05) is 30.3 Å². The van der Waals surface area contributed by atoms with Crippen LogP contribution in [0.25, 0.3) is 17.0 Å². The molecule has 0 amide bonds. The van der Waals surface area contributed by atoms with Crippen LogP contribution in [0, 0.1) is 10.1 Å². The van der Waals surface area contributed by atoms with Gasteiger partial charge in [0.15, 0.2) is 11.5 Å². The molecule has 0 bridgehead atoms. The number of hydrogen-bond donors (Lipinski definition) is 0. The summed E-state index contributed by atoms with van der Waals surface area (Å²) in [6.07, 6.45) is 1.43. The second-order valence-electron chi connectivity index (χ2n) is 3.76. The van der Waals surface area contributed by atoms with Gasteiger partial charge in [-0.15, -0.1) is 10.2 Å². The molecule has 0 aliphatic carbocycles. The van der Waals surface area contributed by atoms with Crippen LogP contribution in [0.4, 0.5) is 5.69 Å². The molecule has 88 valence electrons. The first-order chi connectivity index (χ1) is 8.75. The van der Waals surface area contributed by atoms with Crippen LogP contribution in [0.15, 0.2) is 48.7 Å². The Kier molecular flexibility index (Phi) is 2.26. The average molecular weight is 240 g/mol. The number of nitrogens with zero attached hydrogens (tertiary/aromatic N) is 4. The van der Waals surface area contributed by atoms with Crippen molar-refractivity contribution in [2.45, 2.75) is 0 Å². The maximum Gasteiger partial charge on any atom is 0.286 e. The van der Waals surface area contributed by atoms with E-state index >= 15 is 0 Å². The highest BCUT2D eigenvalue weighted by Gasteiger charge is 2.12. The fourth-order valence-corrected chi connectivity index (χ4v) is 1.77. The molecule has 0 saturated carbocycles. The zero-order valence-electron chi connectivity index (χ0n) is 9.22. The number of nitro groups is 1. The minimum Gasteiger partial charge on any atom is -0.275 e. The molecule has 6 heteroatoms. The van der Waals surface area contributed by atoms with E-state index in [1.54, 1.807) is 10.5 Å². The molecule has 2 aromatic heterocycles. The Morgan fingerprint density at radius 2 is 1.83 bits per heavy atom. The lowest BCUT2D eigenvalue weighted by Crippen LogP contribution is -1.93. The van der Waals surface area contributed by atoms with Gasteiger partial charge in [0.1, 0.15) is 0 Å². The molecule has 0 unspecified atom stereocenters. The first kappa shape index (κ1) is 10.4. The van der Waals surface area contributed by atoms with E-state index in [-0.39, 0.29) is 5.69 Å². The third-order valence-corrected chi connectivity index (χ3v) is 2.63. The van der Waals surface area contributed by atoms with Crippen molar-refractivity contribution in [2.24, 2.45) is 0 Å². The summed E-state index contributed by atoms with van der Waals surface area (Å²) >= 11 is 0.